The Bertz CT molecular complexity index is 876. The summed E-state index contributed by atoms with van der Waals surface area (Å²) in [5, 5.41) is 13.0. The highest BCUT2D eigenvalue weighted by molar-refractivity contribution is 5.76. The van der Waals surface area contributed by atoms with Crippen molar-refractivity contribution in [3.8, 4) is 0 Å². The Balaban J connectivity index is 4.15. The summed E-state index contributed by atoms with van der Waals surface area (Å²) < 4.78 is 0. The Morgan fingerprint density at radius 3 is 0.885 bits per heavy atom. The van der Waals surface area contributed by atoms with Gasteiger partial charge < -0.3 is 26.2 Å². The van der Waals surface area contributed by atoms with Crippen molar-refractivity contribution in [1.82, 2.24) is 26.2 Å². The minimum Gasteiger partial charge on any atom is -0.356 e. The minimum atomic E-state index is 0.139. The highest BCUT2D eigenvalue weighted by Crippen LogP contribution is 2.13. The molecule has 0 spiro atoms. The normalized spacial score (nSPS) is 11.4. The van der Waals surface area contributed by atoms with Gasteiger partial charge in [-0.25, -0.2) is 0 Å². The zero-order chi connectivity index (χ0) is 44.4. The quantitative estimate of drug-likeness (QED) is 0.0456. The number of unbranched alkanes of at least 4 members (excludes halogenated alkanes) is 31. The fraction of sp³-hybridized carbons (Fsp3) is 0.943. The SMILES string of the molecule is CCCCCCCCCCCCNC(=O)CCCCCNCCCCCN(CCC(=O)NCCCCCCCCCCCC)CCC(=O)NCCCCCCCCCCCC. The number of nitrogens with zero attached hydrogens (tertiary/aromatic N) is 1. The number of hydrogen-bond donors (Lipinski definition) is 4. The Labute approximate surface area is 380 Å². The number of amides is 3. The second kappa shape index (κ2) is 51.0. The highest BCUT2D eigenvalue weighted by atomic mass is 16.2. The lowest BCUT2D eigenvalue weighted by Gasteiger charge is -2.22. The summed E-state index contributed by atoms with van der Waals surface area (Å²) in [5.41, 5.74) is 0. The molecule has 0 fully saturated rings. The van der Waals surface area contributed by atoms with Gasteiger partial charge in [0.1, 0.15) is 0 Å². The molecule has 0 aliphatic heterocycles. The summed E-state index contributed by atoms with van der Waals surface area (Å²) in [6.07, 6.45) is 47.4. The summed E-state index contributed by atoms with van der Waals surface area (Å²) in [7, 11) is 0. The zero-order valence-corrected chi connectivity index (χ0v) is 41.4. The first-order chi connectivity index (χ1) is 30.0. The largest absolute Gasteiger partial charge is 0.356 e. The van der Waals surface area contributed by atoms with Crippen LogP contribution in [0.1, 0.15) is 271 Å². The number of nitrogens with one attached hydrogen (secondary N) is 4. The third kappa shape index (κ3) is 49.2. The first kappa shape index (κ1) is 59.3. The zero-order valence-electron chi connectivity index (χ0n) is 41.4. The van der Waals surface area contributed by atoms with Gasteiger partial charge in [0.05, 0.1) is 0 Å². The van der Waals surface area contributed by atoms with Crippen LogP contribution in [0, 0.1) is 0 Å². The Morgan fingerprint density at radius 1 is 0.279 bits per heavy atom. The maximum Gasteiger partial charge on any atom is 0.221 e. The van der Waals surface area contributed by atoms with Gasteiger partial charge in [-0.1, -0.05) is 207 Å². The number of hydrogen-bond acceptors (Lipinski definition) is 5. The topological polar surface area (TPSA) is 103 Å². The molecular weight excluding hydrogens is 755 g/mol. The fourth-order valence-corrected chi connectivity index (χ4v) is 8.24. The molecule has 0 rings (SSSR count). The van der Waals surface area contributed by atoms with Crippen LogP contribution in [0.25, 0.3) is 0 Å². The molecule has 0 bridgehead atoms. The van der Waals surface area contributed by atoms with Gasteiger partial charge in [0.25, 0.3) is 0 Å². The molecule has 362 valence electrons. The second-order valence-electron chi connectivity index (χ2n) is 18.6. The predicted molar refractivity (Wildman–Crippen MR) is 265 cm³/mol. The second-order valence-corrected chi connectivity index (χ2v) is 18.6. The van der Waals surface area contributed by atoms with E-state index in [1.165, 1.54) is 173 Å². The van der Waals surface area contributed by atoms with Crippen molar-refractivity contribution < 1.29 is 14.4 Å². The highest BCUT2D eigenvalue weighted by Gasteiger charge is 2.11. The first-order valence-electron chi connectivity index (χ1n) is 27.3. The van der Waals surface area contributed by atoms with E-state index in [4.69, 9.17) is 0 Å². The van der Waals surface area contributed by atoms with E-state index in [0.717, 1.165) is 97.1 Å². The summed E-state index contributed by atoms with van der Waals surface area (Å²) in [5.74, 6) is 0.494. The van der Waals surface area contributed by atoms with Crippen LogP contribution in [0.2, 0.25) is 0 Å². The van der Waals surface area contributed by atoms with Gasteiger partial charge in [0.15, 0.2) is 0 Å². The van der Waals surface area contributed by atoms with E-state index in [1.54, 1.807) is 0 Å². The molecule has 0 radical (unpaired) electrons. The molecule has 0 aromatic rings. The van der Waals surface area contributed by atoms with E-state index < -0.39 is 0 Å². The molecule has 0 saturated heterocycles. The van der Waals surface area contributed by atoms with Crippen LogP contribution >= 0.6 is 0 Å². The number of rotatable bonds is 51. The van der Waals surface area contributed by atoms with Crippen LogP contribution in [0.15, 0.2) is 0 Å². The lowest BCUT2D eigenvalue weighted by atomic mass is 10.1. The monoisotopic (exact) mass is 862 g/mol. The maximum absolute atomic E-state index is 12.7. The van der Waals surface area contributed by atoms with Gasteiger partial charge in [-0.2, -0.15) is 0 Å². The molecular formula is C53H107N5O3. The van der Waals surface area contributed by atoms with Crippen molar-refractivity contribution in [2.75, 3.05) is 52.4 Å². The molecule has 0 unspecified atom stereocenters. The van der Waals surface area contributed by atoms with Gasteiger partial charge in [0, 0.05) is 52.0 Å². The van der Waals surface area contributed by atoms with Crippen LogP contribution in [0.4, 0.5) is 0 Å². The summed E-state index contributed by atoms with van der Waals surface area (Å²) in [4.78, 5) is 40.0. The van der Waals surface area contributed by atoms with Crippen molar-refractivity contribution >= 4 is 17.7 Å². The average molecular weight is 862 g/mol. The van der Waals surface area contributed by atoms with Crippen LogP contribution < -0.4 is 21.3 Å². The van der Waals surface area contributed by atoms with Crippen molar-refractivity contribution in [3.05, 3.63) is 0 Å². The van der Waals surface area contributed by atoms with Gasteiger partial charge in [-0.3, -0.25) is 14.4 Å². The van der Waals surface area contributed by atoms with Gasteiger partial charge in [-0.05, 0) is 64.6 Å². The molecule has 0 aromatic heterocycles. The number of carbonyl (C=O) groups excluding carboxylic acids is 3. The Kier molecular flexibility index (Phi) is 49.6. The lowest BCUT2D eigenvalue weighted by Crippen LogP contribution is -2.35. The maximum atomic E-state index is 12.7. The van der Waals surface area contributed by atoms with E-state index in [9.17, 15) is 14.4 Å². The van der Waals surface area contributed by atoms with Gasteiger partial charge in [0.2, 0.25) is 17.7 Å². The third-order valence-corrected chi connectivity index (χ3v) is 12.5. The average Bonchev–Trinajstić information content (AvgIpc) is 3.26. The van der Waals surface area contributed by atoms with E-state index in [-0.39, 0.29) is 17.7 Å². The molecule has 0 aliphatic carbocycles. The van der Waals surface area contributed by atoms with Crippen molar-refractivity contribution in [2.45, 2.75) is 271 Å². The predicted octanol–water partition coefficient (Wildman–Crippen LogP) is 13.5. The number of carbonyl (C=O) groups is 3. The van der Waals surface area contributed by atoms with E-state index in [0.29, 0.717) is 32.4 Å². The third-order valence-electron chi connectivity index (χ3n) is 12.5. The van der Waals surface area contributed by atoms with Crippen molar-refractivity contribution in [3.63, 3.8) is 0 Å². The van der Waals surface area contributed by atoms with Crippen molar-refractivity contribution in [1.29, 1.82) is 0 Å². The molecule has 0 aromatic carbocycles. The van der Waals surface area contributed by atoms with Gasteiger partial charge in [-0.15, -0.1) is 0 Å². The van der Waals surface area contributed by atoms with E-state index in [1.807, 2.05) is 0 Å². The Morgan fingerprint density at radius 2 is 0.541 bits per heavy atom. The van der Waals surface area contributed by atoms with Crippen LogP contribution in [0.5, 0.6) is 0 Å². The minimum absolute atomic E-state index is 0.139. The molecule has 3 amide bonds. The summed E-state index contributed by atoms with van der Waals surface area (Å²) in [6, 6.07) is 0. The molecule has 8 heteroatoms. The smallest absolute Gasteiger partial charge is 0.221 e. The molecule has 61 heavy (non-hydrogen) atoms. The van der Waals surface area contributed by atoms with Crippen LogP contribution in [-0.2, 0) is 14.4 Å². The van der Waals surface area contributed by atoms with E-state index in [2.05, 4.69) is 46.9 Å². The molecule has 0 saturated carbocycles. The summed E-state index contributed by atoms with van der Waals surface area (Å²) >= 11 is 0. The molecule has 4 N–H and O–H groups in total. The molecule has 0 heterocycles. The molecule has 0 aliphatic rings. The summed E-state index contributed by atoms with van der Waals surface area (Å²) in [6.45, 7) is 13.6. The van der Waals surface area contributed by atoms with Gasteiger partial charge >= 0.3 is 0 Å². The molecule has 8 nitrogen and oxygen atoms in total. The first-order valence-corrected chi connectivity index (χ1v) is 27.3. The van der Waals surface area contributed by atoms with Crippen LogP contribution in [0.3, 0.4) is 0 Å². The van der Waals surface area contributed by atoms with Crippen LogP contribution in [-0.4, -0.2) is 75.0 Å². The lowest BCUT2D eigenvalue weighted by molar-refractivity contribution is -0.122. The fourth-order valence-electron chi connectivity index (χ4n) is 8.24. The standard InChI is InChI=1S/C53H107N5O3/c1-4-7-10-13-16-19-22-25-28-36-45-55-51(59)40-33-31-34-43-54-44-35-32-39-48-58(49-41-52(60)56-46-37-29-26-23-20-17-14-11-8-5-2)50-42-53(61)57-47-38-30-27-24-21-18-15-12-9-6-3/h54H,4-50H2,1-3H3,(H,55,59)(H,56,60)(H,57,61). The van der Waals surface area contributed by atoms with Crippen molar-refractivity contribution in [2.24, 2.45) is 0 Å². The Hall–Kier alpha value is -1.67. The molecule has 0 atom stereocenters. The van der Waals surface area contributed by atoms with E-state index >= 15 is 0 Å².